The Morgan fingerprint density at radius 1 is 1.14 bits per heavy atom. The van der Waals surface area contributed by atoms with Crippen LogP contribution in [0.3, 0.4) is 0 Å². The predicted molar refractivity (Wildman–Crippen MR) is 177 cm³/mol. The van der Waals surface area contributed by atoms with Crippen molar-refractivity contribution >= 4 is 36.8 Å². The number of halogens is 3. The van der Waals surface area contributed by atoms with Gasteiger partial charge in [0.1, 0.15) is 23.6 Å². The minimum Gasteiger partial charge on any atom is -0.489 e. The summed E-state index contributed by atoms with van der Waals surface area (Å²) in [5.74, 6) is 1.12. The Balaban J connectivity index is 1.19. The maximum atomic E-state index is 14.9. The number of piperidine rings is 1. The number of allylic oxidation sites excluding steroid dienone is 1. The molecule has 6 rings (SSSR count). The fourth-order valence-corrected chi connectivity index (χ4v) is 7.41. The normalized spacial score (nSPS) is 18.5. The van der Waals surface area contributed by atoms with Crippen molar-refractivity contribution < 1.29 is 23.4 Å². The molecule has 1 N–H and O–H groups in total. The van der Waals surface area contributed by atoms with Crippen molar-refractivity contribution in [3.05, 3.63) is 76.2 Å². The third-order valence-electron chi connectivity index (χ3n) is 9.15. The molecule has 10 heteroatoms. The molecule has 1 aromatic carbocycles. The third kappa shape index (κ3) is 6.80. The van der Waals surface area contributed by atoms with E-state index in [-0.39, 0.29) is 5.82 Å². The molecule has 0 atom stereocenters. The van der Waals surface area contributed by atoms with Gasteiger partial charge in [-0.2, -0.15) is 13.9 Å². The second-order valence-corrected chi connectivity index (χ2v) is 14.4. The number of carbonyl (C=O) groups is 1. The average molecular weight is 717 g/mol. The molecule has 1 saturated carbocycles. The Hall–Kier alpha value is -2.99. The molecule has 0 bridgehead atoms. The van der Waals surface area contributed by atoms with Crippen molar-refractivity contribution in [1.29, 1.82) is 0 Å². The second kappa shape index (κ2) is 13.2. The van der Waals surface area contributed by atoms with Crippen molar-refractivity contribution in [3.63, 3.8) is 0 Å². The molecule has 0 radical (unpaired) electrons. The number of alkyl halides is 3. The number of hydrogen-bond acceptors (Lipinski definition) is 5. The highest BCUT2D eigenvalue weighted by atomic mass is 127. The number of benzene rings is 1. The van der Waals surface area contributed by atoms with Crippen molar-refractivity contribution in [1.82, 2.24) is 19.7 Å². The van der Waals surface area contributed by atoms with Crippen molar-refractivity contribution in [2.75, 3.05) is 26.2 Å². The molecule has 3 heterocycles. The number of aromatic nitrogens is 3. The van der Waals surface area contributed by atoms with Gasteiger partial charge in [-0.1, -0.05) is 22.7 Å². The summed E-state index contributed by atoms with van der Waals surface area (Å²) in [7, 11) is 0. The van der Waals surface area contributed by atoms with Gasteiger partial charge < -0.3 is 14.7 Å². The monoisotopic (exact) mass is 716 g/mol. The summed E-state index contributed by atoms with van der Waals surface area (Å²) in [6, 6.07) is 11.8. The standard InChI is InChI=1S/C34H39F2IN4O3/c1-22-18-25(24-14-16-40(17-15-24)20-23-10-11-23)12-13-30(22)44-21-26-6-3-4-7-27(26)29-8-5-9-31(39-29)41-32(34(35,36)37-2)28(19-38-41)33(42)43/h5,8-9,12-13,18-19,23-24H,2-4,6-7,10-11,14-17,20-21H2,1H3,(H,42,43). The zero-order valence-corrected chi connectivity index (χ0v) is 27.2. The third-order valence-corrected chi connectivity index (χ3v) is 10.6. The van der Waals surface area contributed by atoms with Gasteiger partial charge >= 0.3 is 9.90 Å². The second-order valence-electron chi connectivity index (χ2n) is 12.3. The van der Waals surface area contributed by atoms with E-state index in [1.165, 1.54) is 50.9 Å². The van der Waals surface area contributed by atoms with Crippen LogP contribution in [0.2, 0.25) is 0 Å². The average Bonchev–Trinajstić information content (AvgIpc) is 3.73. The molecule has 2 aromatic heterocycles. The van der Waals surface area contributed by atoms with E-state index in [0.717, 1.165) is 64.9 Å². The molecule has 3 aliphatic rings. The van der Waals surface area contributed by atoms with Gasteiger partial charge in [-0.25, -0.2) is 14.5 Å². The van der Waals surface area contributed by atoms with Crippen molar-refractivity contribution in [2.45, 2.75) is 68.1 Å². The van der Waals surface area contributed by atoms with E-state index in [0.29, 0.717) is 18.2 Å². The maximum absolute atomic E-state index is 14.9. The van der Waals surface area contributed by atoms with E-state index in [9.17, 15) is 18.7 Å². The number of ether oxygens (including phenoxy) is 1. The summed E-state index contributed by atoms with van der Waals surface area (Å²) in [4.78, 5) is 19.1. The quantitative estimate of drug-likeness (QED) is 0.162. The number of carboxylic acid groups (broad SMARTS) is 1. The predicted octanol–water partition coefficient (Wildman–Crippen LogP) is 7.72. The number of carboxylic acids is 1. The van der Waals surface area contributed by atoms with Crippen LogP contribution in [0.5, 0.6) is 5.75 Å². The fourth-order valence-electron chi connectivity index (χ4n) is 6.53. The van der Waals surface area contributed by atoms with Gasteiger partial charge in [-0.05, 0) is 144 Å². The molecule has 3 aromatic rings. The van der Waals surface area contributed by atoms with Crippen LogP contribution in [-0.2, 0) is 3.93 Å². The van der Waals surface area contributed by atoms with Crippen LogP contribution in [0, 0.1) is 12.8 Å². The van der Waals surface area contributed by atoms with Crippen LogP contribution in [0.4, 0.5) is 8.78 Å². The van der Waals surface area contributed by atoms with Gasteiger partial charge in [0.25, 0.3) is 0 Å². The van der Waals surface area contributed by atoms with Crippen LogP contribution >= 0.6 is 20.7 Å². The van der Waals surface area contributed by atoms with E-state index in [4.69, 9.17) is 9.72 Å². The van der Waals surface area contributed by atoms with Gasteiger partial charge in [0, 0.05) is 6.54 Å². The molecule has 7 nitrogen and oxygen atoms in total. The Kier molecular flexibility index (Phi) is 9.28. The summed E-state index contributed by atoms with van der Waals surface area (Å²) in [5, 5.41) is 13.5. The largest absolute Gasteiger partial charge is 0.489 e. The lowest BCUT2D eigenvalue weighted by atomic mass is 9.88. The summed E-state index contributed by atoms with van der Waals surface area (Å²) >= 11 is -1.87. The summed E-state index contributed by atoms with van der Waals surface area (Å²) < 4.78 is 37.2. The highest BCUT2D eigenvalue weighted by molar-refractivity contribution is 14.2. The Bertz CT molecular complexity index is 1570. The lowest BCUT2D eigenvalue weighted by Gasteiger charge is -2.32. The highest BCUT2D eigenvalue weighted by Gasteiger charge is 2.39. The molecule has 0 spiro atoms. The summed E-state index contributed by atoms with van der Waals surface area (Å²) in [5.41, 5.74) is 4.21. The number of aryl methyl sites for hydroxylation is 1. The van der Waals surface area contributed by atoms with Gasteiger partial charge in [-0.3, -0.25) is 0 Å². The van der Waals surface area contributed by atoms with Crippen LogP contribution in [0.1, 0.15) is 90.2 Å². The molecule has 0 amide bonds. The van der Waals surface area contributed by atoms with Crippen LogP contribution in [-0.4, -0.2) is 61.5 Å². The van der Waals surface area contributed by atoms with Crippen LogP contribution in [0.25, 0.3) is 11.4 Å². The summed E-state index contributed by atoms with van der Waals surface area (Å²) in [6.07, 6.45) is 9.91. The highest BCUT2D eigenvalue weighted by Crippen LogP contribution is 2.42. The van der Waals surface area contributed by atoms with Crippen molar-refractivity contribution in [3.8, 4) is 11.6 Å². The maximum Gasteiger partial charge on any atom is 0.339 e. The van der Waals surface area contributed by atoms with E-state index in [1.807, 2.05) is 6.07 Å². The molecular weight excluding hydrogens is 677 g/mol. The SMILES string of the molecule is C=IC(F)(F)c1c(C(=O)O)cnn1-c1cccc(C2=C(COc3ccc(C4CCN(CC5CC5)CC4)cc3C)CCCC2)n1. The minimum atomic E-state index is -3.37. The molecule has 0 unspecified atom stereocenters. The van der Waals surface area contributed by atoms with Gasteiger partial charge in [-0.15, -0.1) is 0 Å². The Morgan fingerprint density at radius 2 is 1.91 bits per heavy atom. The topological polar surface area (TPSA) is 80.5 Å². The molecule has 1 aliphatic heterocycles. The molecule has 2 aliphatic carbocycles. The number of hydrogen-bond donors (Lipinski definition) is 1. The van der Waals surface area contributed by atoms with E-state index < -0.39 is 41.9 Å². The number of pyridine rings is 1. The smallest absolute Gasteiger partial charge is 0.339 e. The first kappa shape index (κ1) is 31.0. The molecule has 2 fully saturated rings. The summed E-state index contributed by atoms with van der Waals surface area (Å²) in [6.45, 7) is 6.19. The first-order valence-corrected chi connectivity index (χ1v) is 18.1. The lowest BCUT2D eigenvalue weighted by Crippen LogP contribution is -2.34. The zero-order valence-electron chi connectivity index (χ0n) is 25.1. The molecule has 1 saturated heterocycles. The Labute approximate surface area is 267 Å². The number of rotatable bonds is 11. The van der Waals surface area contributed by atoms with Gasteiger partial charge in [0.05, 0.1) is 11.9 Å². The fraction of sp³-hybridized carbons (Fsp3) is 0.471. The molecule has 234 valence electrons. The molecule has 44 heavy (non-hydrogen) atoms. The van der Waals surface area contributed by atoms with Gasteiger partial charge in [0.15, 0.2) is 5.82 Å². The lowest BCUT2D eigenvalue weighted by molar-refractivity contribution is 0.0676. The van der Waals surface area contributed by atoms with Crippen molar-refractivity contribution in [2.24, 2.45) is 5.92 Å². The minimum absolute atomic E-state index is 0.158. The first-order chi connectivity index (χ1) is 21.2. The Morgan fingerprint density at radius 3 is 2.61 bits per heavy atom. The van der Waals surface area contributed by atoms with Crippen LogP contribution in [0.15, 0.2) is 48.2 Å². The first-order valence-electron chi connectivity index (χ1n) is 15.5. The van der Waals surface area contributed by atoms with E-state index >= 15 is 0 Å². The number of aromatic carboxylic acids is 1. The van der Waals surface area contributed by atoms with E-state index in [1.54, 1.807) is 12.1 Å². The van der Waals surface area contributed by atoms with E-state index in [2.05, 4.69) is 39.6 Å². The number of likely N-dealkylation sites (tertiary alicyclic amines) is 1. The van der Waals surface area contributed by atoms with Crippen LogP contribution < -0.4 is 4.74 Å². The zero-order chi connectivity index (χ0) is 30.8. The molecular formula is C34H39F2IN4O3. The van der Waals surface area contributed by atoms with Gasteiger partial charge in [0.2, 0.25) is 0 Å². The number of nitrogens with zero attached hydrogens (tertiary/aromatic N) is 4.